The fourth-order valence-electron chi connectivity index (χ4n) is 2.17. The van der Waals surface area contributed by atoms with Crippen molar-refractivity contribution < 1.29 is 9.21 Å². The van der Waals surface area contributed by atoms with E-state index in [2.05, 4.69) is 10.3 Å². The second kappa shape index (κ2) is 6.79. The third kappa shape index (κ3) is 3.58. The summed E-state index contributed by atoms with van der Waals surface area (Å²) < 4.78 is 5.25. The highest BCUT2D eigenvalue weighted by molar-refractivity contribution is 6.04. The molecule has 0 aliphatic heterocycles. The minimum atomic E-state index is -0.145. The molecule has 5 nitrogen and oxygen atoms in total. The molecule has 0 saturated heterocycles. The Morgan fingerprint density at radius 1 is 1.13 bits per heavy atom. The average molecular weight is 307 g/mol. The molecule has 23 heavy (non-hydrogen) atoms. The standard InChI is InChI=1S/C18H17N3O2/c1-21(15-6-3-2-4-7-15)18(22)17-10-9-14(12-20-17)19-13-16-8-5-11-23-16/h2-12,19H,13H2,1H3. The molecule has 0 aliphatic carbocycles. The number of carbonyl (C=O) groups excluding carboxylic acids is 1. The monoisotopic (exact) mass is 307 g/mol. The van der Waals surface area contributed by atoms with E-state index in [1.807, 2.05) is 48.5 Å². The second-order valence-corrected chi connectivity index (χ2v) is 5.06. The number of nitrogens with zero attached hydrogens (tertiary/aromatic N) is 2. The van der Waals surface area contributed by atoms with Crippen LogP contribution in [-0.2, 0) is 6.54 Å². The molecule has 0 fully saturated rings. The minimum absolute atomic E-state index is 0.145. The van der Waals surface area contributed by atoms with E-state index in [9.17, 15) is 4.79 Å². The van der Waals surface area contributed by atoms with Gasteiger partial charge in [-0.3, -0.25) is 4.79 Å². The van der Waals surface area contributed by atoms with Crippen LogP contribution in [0.5, 0.6) is 0 Å². The Kier molecular flexibility index (Phi) is 4.38. The van der Waals surface area contributed by atoms with Crippen molar-refractivity contribution in [2.75, 3.05) is 17.3 Å². The summed E-state index contributed by atoms with van der Waals surface area (Å²) in [6.07, 6.45) is 3.28. The third-order valence-electron chi connectivity index (χ3n) is 3.48. The van der Waals surface area contributed by atoms with Gasteiger partial charge in [-0.05, 0) is 36.4 Å². The molecule has 2 aromatic heterocycles. The molecule has 3 aromatic rings. The molecule has 0 saturated carbocycles. The van der Waals surface area contributed by atoms with E-state index in [0.717, 1.165) is 17.1 Å². The largest absolute Gasteiger partial charge is 0.467 e. The van der Waals surface area contributed by atoms with Crippen LogP contribution in [0.15, 0.2) is 71.5 Å². The molecule has 1 aromatic carbocycles. The zero-order chi connectivity index (χ0) is 16.1. The van der Waals surface area contributed by atoms with Crippen LogP contribution in [0, 0.1) is 0 Å². The van der Waals surface area contributed by atoms with Crippen molar-refractivity contribution in [3.63, 3.8) is 0 Å². The fraction of sp³-hybridized carbons (Fsp3) is 0.111. The highest BCUT2D eigenvalue weighted by atomic mass is 16.3. The third-order valence-corrected chi connectivity index (χ3v) is 3.48. The summed E-state index contributed by atoms with van der Waals surface area (Å²) in [5.74, 6) is 0.697. The van der Waals surface area contributed by atoms with Crippen LogP contribution in [-0.4, -0.2) is 17.9 Å². The van der Waals surface area contributed by atoms with Gasteiger partial charge in [0.1, 0.15) is 11.5 Å². The zero-order valence-electron chi connectivity index (χ0n) is 12.8. The molecule has 0 spiro atoms. The van der Waals surface area contributed by atoms with Gasteiger partial charge in [-0.2, -0.15) is 0 Å². The first-order valence-electron chi connectivity index (χ1n) is 7.29. The maximum Gasteiger partial charge on any atom is 0.276 e. The van der Waals surface area contributed by atoms with E-state index in [0.29, 0.717) is 12.2 Å². The van der Waals surface area contributed by atoms with E-state index in [4.69, 9.17) is 4.42 Å². The van der Waals surface area contributed by atoms with Gasteiger partial charge in [-0.25, -0.2) is 4.98 Å². The molecular weight excluding hydrogens is 290 g/mol. The minimum Gasteiger partial charge on any atom is -0.467 e. The first kappa shape index (κ1) is 14.8. The zero-order valence-corrected chi connectivity index (χ0v) is 12.8. The van der Waals surface area contributed by atoms with Crippen molar-refractivity contribution in [3.8, 4) is 0 Å². The van der Waals surface area contributed by atoms with Gasteiger partial charge in [0.05, 0.1) is 24.7 Å². The van der Waals surface area contributed by atoms with Gasteiger partial charge in [-0.15, -0.1) is 0 Å². The lowest BCUT2D eigenvalue weighted by Crippen LogP contribution is -2.26. The van der Waals surface area contributed by atoms with Crippen LogP contribution in [0.1, 0.15) is 16.2 Å². The summed E-state index contributed by atoms with van der Waals surface area (Å²) in [5, 5.41) is 3.19. The van der Waals surface area contributed by atoms with Crippen LogP contribution >= 0.6 is 0 Å². The number of furan rings is 1. The number of carbonyl (C=O) groups is 1. The quantitative estimate of drug-likeness (QED) is 0.783. The lowest BCUT2D eigenvalue weighted by atomic mass is 10.2. The number of rotatable bonds is 5. The van der Waals surface area contributed by atoms with Crippen LogP contribution in [0.4, 0.5) is 11.4 Å². The molecule has 0 atom stereocenters. The van der Waals surface area contributed by atoms with Crippen molar-refractivity contribution in [2.24, 2.45) is 0 Å². The molecule has 5 heteroatoms. The van der Waals surface area contributed by atoms with Gasteiger partial charge in [0, 0.05) is 12.7 Å². The molecular formula is C18H17N3O2. The van der Waals surface area contributed by atoms with Crippen molar-refractivity contribution in [1.82, 2.24) is 4.98 Å². The summed E-state index contributed by atoms with van der Waals surface area (Å²) >= 11 is 0. The normalized spacial score (nSPS) is 10.3. The number of benzene rings is 1. The number of pyridine rings is 1. The summed E-state index contributed by atoms with van der Waals surface area (Å²) in [4.78, 5) is 18.3. The van der Waals surface area contributed by atoms with Crippen LogP contribution in [0.3, 0.4) is 0 Å². The van der Waals surface area contributed by atoms with E-state index in [-0.39, 0.29) is 5.91 Å². The summed E-state index contributed by atoms with van der Waals surface area (Å²) in [6.45, 7) is 0.575. The Morgan fingerprint density at radius 2 is 1.96 bits per heavy atom. The molecule has 2 heterocycles. The van der Waals surface area contributed by atoms with E-state index < -0.39 is 0 Å². The lowest BCUT2D eigenvalue weighted by Gasteiger charge is -2.16. The SMILES string of the molecule is CN(C(=O)c1ccc(NCc2ccco2)cn1)c1ccccc1. The molecule has 116 valence electrons. The summed E-state index contributed by atoms with van der Waals surface area (Å²) in [5.41, 5.74) is 2.07. The molecule has 0 aliphatic rings. The molecule has 0 radical (unpaired) electrons. The first-order chi connectivity index (χ1) is 11.2. The van der Waals surface area contributed by atoms with Crippen molar-refractivity contribution in [3.05, 3.63) is 78.5 Å². The van der Waals surface area contributed by atoms with Gasteiger partial charge in [0.15, 0.2) is 0 Å². The summed E-state index contributed by atoms with van der Waals surface area (Å²) in [7, 11) is 1.74. The van der Waals surface area contributed by atoms with Crippen molar-refractivity contribution in [2.45, 2.75) is 6.54 Å². The number of anilines is 2. The highest BCUT2D eigenvalue weighted by Crippen LogP contribution is 2.15. The van der Waals surface area contributed by atoms with Gasteiger partial charge >= 0.3 is 0 Å². The van der Waals surface area contributed by atoms with Crippen LogP contribution in [0.2, 0.25) is 0 Å². The molecule has 3 rings (SSSR count). The van der Waals surface area contributed by atoms with Gasteiger partial charge in [0.2, 0.25) is 0 Å². The topological polar surface area (TPSA) is 58.4 Å². The van der Waals surface area contributed by atoms with Gasteiger partial charge in [-0.1, -0.05) is 18.2 Å². The van der Waals surface area contributed by atoms with E-state index >= 15 is 0 Å². The van der Waals surface area contributed by atoms with Crippen LogP contribution in [0.25, 0.3) is 0 Å². The Labute approximate surface area is 134 Å². The number of hydrogen-bond acceptors (Lipinski definition) is 4. The van der Waals surface area contributed by atoms with Crippen molar-refractivity contribution >= 4 is 17.3 Å². The molecule has 1 N–H and O–H groups in total. The summed E-state index contributed by atoms with van der Waals surface area (Å²) in [6, 6.07) is 16.8. The van der Waals surface area contributed by atoms with E-state index in [1.165, 1.54) is 0 Å². The second-order valence-electron chi connectivity index (χ2n) is 5.06. The number of para-hydroxylation sites is 1. The molecule has 0 bridgehead atoms. The van der Waals surface area contributed by atoms with Crippen molar-refractivity contribution in [1.29, 1.82) is 0 Å². The van der Waals surface area contributed by atoms with Gasteiger partial charge in [0.25, 0.3) is 5.91 Å². The molecule has 0 unspecified atom stereocenters. The predicted molar refractivity (Wildman–Crippen MR) is 89.4 cm³/mol. The Hall–Kier alpha value is -3.08. The van der Waals surface area contributed by atoms with Crippen LogP contribution < -0.4 is 10.2 Å². The lowest BCUT2D eigenvalue weighted by molar-refractivity contribution is 0.0988. The smallest absolute Gasteiger partial charge is 0.276 e. The number of aromatic nitrogens is 1. The fourth-order valence-corrected chi connectivity index (χ4v) is 2.17. The van der Waals surface area contributed by atoms with E-state index in [1.54, 1.807) is 30.5 Å². The predicted octanol–water partition coefficient (Wildman–Crippen LogP) is 3.56. The molecule has 1 amide bonds. The maximum atomic E-state index is 12.4. The Balaban J connectivity index is 1.65. The number of nitrogens with one attached hydrogen (secondary N) is 1. The first-order valence-corrected chi connectivity index (χ1v) is 7.29. The van der Waals surface area contributed by atoms with Gasteiger partial charge < -0.3 is 14.6 Å². The highest BCUT2D eigenvalue weighted by Gasteiger charge is 2.14. The maximum absolute atomic E-state index is 12.4. The number of amides is 1. The number of hydrogen-bond donors (Lipinski definition) is 1. The Bertz CT molecular complexity index is 753. The average Bonchev–Trinajstić information content (AvgIpc) is 3.13. The Morgan fingerprint density at radius 3 is 2.61 bits per heavy atom.